The van der Waals surface area contributed by atoms with Crippen LogP contribution in [0, 0.1) is 0 Å². The molecule has 0 heterocycles. The first-order valence-electron chi connectivity index (χ1n) is 10.1. The number of benzene rings is 3. The smallest absolute Gasteiger partial charge is 0.319 e. The van der Waals surface area contributed by atoms with Crippen molar-refractivity contribution in [3.63, 3.8) is 0 Å². The predicted octanol–water partition coefficient (Wildman–Crippen LogP) is 4.38. The van der Waals surface area contributed by atoms with E-state index in [1.165, 1.54) is 0 Å². The number of carbonyl (C=O) groups excluding carboxylic acids is 3. The van der Waals surface area contributed by atoms with Crippen LogP contribution in [0.4, 0.5) is 10.5 Å². The van der Waals surface area contributed by atoms with E-state index in [0.29, 0.717) is 28.9 Å². The van der Waals surface area contributed by atoms with Crippen molar-refractivity contribution in [2.24, 2.45) is 0 Å². The quantitative estimate of drug-likeness (QED) is 0.501. The number of hydrogen-bond acceptors (Lipinski definition) is 3. The summed E-state index contributed by atoms with van der Waals surface area (Å²) >= 11 is 0. The van der Waals surface area contributed by atoms with Gasteiger partial charge in [0.1, 0.15) is 0 Å². The van der Waals surface area contributed by atoms with Crippen molar-refractivity contribution in [1.29, 1.82) is 0 Å². The highest BCUT2D eigenvalue weighted by Gasteiger charge is 2.17. The molecule has 3 N–H and O–H groups in total. The van der Waals surface area contributed by atoms with Crippen molar-refractivity contribution < 1.29 is 14.4 Å². The molecule has 0 unspecified atom stereocenters. The van der Waals surface area contributed by atoms with Crippen LogP contribution in [0.15, 0.2) is 78.9 Å². The minimum Gasteiger partial charge on any atom is -0.348 e. The molecule has 0 bridgehead atoms. The molecule has 3 aromatic carbocycles. The molecule has 6 heteroatoms. The Morgan fingerprint density at radius 2 is 1.39 bits per heavy atom. The van der Waals surface area contributed by atoms with Crippen LogP contribution >= 0.6 is 0 Å². The molecule has 0 aromatic heterocycles. The van der Waals surface area contributed by atoms with Crippen molar-refractivity contribution in [2.75, 3.05) is 5.32 Å². The third-order valence-electron chi connectivity index (χ3n) is 4.54. The Labute approximate surface area is 181 Å². The molecular weight excluding hydrogens is 390 g/mol. The molecule has 158 valence electrons. The third-order valence-corrected chi connectivity index (χ3v) is 4.54. The molecule has 31 heavy (non-hydrogen) atoms. The summed E-state index contributed by atoms with van der Waals surface area (Å²) in [5.41, 5.74) is 2.76. The van der Waals surface area contributed by atoms with Gasteiger partial charge in [0.05, 0.1) is 5.56 Å². The summed E-state index contributed by atoms with van der Waals surface area (Å²) in [6.07, 6.45) is 0. The average Bonchev–Trinajstić information content (AvgIpc) is 2.78. The molecular formula is C25H25N3O3. The van der Waals surface area contributed by atoms with E-state index in [2.05, 4.69) is 16.0 Å². The van der Waals surface area contributed by atoms with Gasteiger partial charge in [-0.15, -0.1) is 0 Å². The molecule has 0 aliphatic rings. The van der Waals surface area contributed by atoms with Gasteiger partial charge in [0.25, 0.3) is 5.91 Å². The number of anilines is 1. The number of carbonyl (C=O) groups is 3. The lowest BCUT2D eigenvalue weighted by Gasteiger charge is -2.11. The third kappa shape index (κ3) is 6.02. The van der Waals surface area contributed by atoms with Crippen LogP contribution in [0.3, 0.4) is 0 Å². The molecule has 3 aromatic rings. The van der Waals surface area contributed by atoms with E-state index in [9.17, 15) is 14.4 Å². The Morgan fingerprint density at radius 3 is 2.03 bits per heavy atom. The number of nitrogens with one attached hydrogen (secondary N) is 3. The Hall–Kier alpha value is -3.93. The highest BCUT2D eigenvalue weighted by atomic mass is 16.2. The average molecular weight is 415 g/mol. The highest BCUT2D eigenvalue weighted by Crippen LogP contribution is 2.15. The molecule has 0 aliphatic carbocycles. The molecule has 0 atom stereocenters. The van der Waals surface area contributed by atoms with Crippen molar-refractivity contribution in [3.05, 3.63) is 101 Å². The van der Waals surface area contributed by atoms with Gasteiger partial charge in [-0.05, 0) is 37.6 Å². The zero-order valence-electron chi connectivity index (χ0n) is 17.5. The maximum absolute atomic E-state index is 12.8. The maximum Gasteiger partial charge on any atom is 0.319 e. The van der Waals surface area contributed by atoms with Gasteiger partial charge in [-0.3, -0.25) is 9.59 Å². The fourth-order valence-electron chi connectivity index (χ4n) is 3.04. The van der Waals surface area contributed by atoms with E-state index in [0.717, 1.165) is 5.56 Å². The summed E-state index contributed by atoms with van der Waals surface area (Å²) in [6.45, 7) is 4.07. The van der Waals surface area contributed by atoms with Gasteiger partial charge in [-0.25, -0.2) is 4.79 Å². The van der Waals surface area contributed by atoms with Gasteiger partial charge in [-0.2, -0.15) is 0 Å². The van der Waals surface area contributed by atoms with E-state index in [-0.39, 0.29) is 23.8 Å². The minimum absolute atomic E-state index is 0.0473. The fraction of sp³-hybridized carbons (Fsp3) is 0.160. The van der Waals surface area contributed by atoms with Crippen LogP contribution < -0.4 is 16.0 Å². The first kappa shape index (κ1) is 21.8. The number of hydrogen-bond donors (Lipinski definition) is 3. The van der Waals surface area contributed by atoms with Crippen LogP contribution in [-0.4, -0.2) is 23.8 Å². The molecule has 3 amide bonds. The maximum atomic E-state index is 12.8. The fourth-order valence-corrected chi connectivity index (χ4v) is 3.04. The lowest BCUT2D eigenvalue weighted by molar-refractivity contribution is 0.0939. The zero-order valence-corrected chi connectivity index (χ0v) is 17.5. The molecule has 0 spiro atoms. The molecule has 0 saturated carbocycles. The van der Waals surface area contributed by atoms with E-state index < -0.39 is 0 Å². The normalized spacial score (nSPS) is 10.4. The summed E-state index contributed by atoms with van der Waals surface area (Å²) < 4.78 is 0. The Bertz CT molecular complexity index is 1060. The monoisotopic (exact) mass is 415 g/mol. The molecule has 0 radical (unpaired) electrons. The van der Waals surface area contributed by atoms with Gasteiger partial charge in [0.15, 0.2) is 5.78 Å². The Kier molecular flexibility index (Phi) is 7.17. The summed E-state index contributed by atoms with van der Waals surface area (Å²) in [4.78, 5) is 37.3. The molecule has 6 nitrogen and oxygen atoms in total. The SMILES string of the molecule is CC(C)NC(=O)Nc1ccc(CNC(=O)c2ccccc2C(=O)c2ccccc2)cc1. The number of ketones is 1. The number of rotatable bonds is 7. The molecule has 0 fully saturated rings. The first-order valence-corrected chi connectivity index (χ1v) is 10.1. The van der Waals surface area contributed by atoms with Gasteiger partial charge in [-0.1, -0.05) is 60.7 Å². The topological polar surface area (TPSA) is 87.3 Å². The highest BCUT2D eigenvalue weighted by molar-refractivity contribution is 6.15. The number of urea groups is 1. The van der Waals surface area contributed by atoms with Crippen LogP contribution in [0.2, 0.25) is 0 Å². The minimum atomic E-state index is -0.321. The Balaban J connectivity index is 1.64. The standard InChI is InChI=1S/C25H25N3O3/c1-17(2)27-25(31)28-20-14-12-18(13-15-20)16-26-24(30)22-11-7-6-10-21(22)23(29)19-8-4-3-5-9-19/h3-15,17H,16H2,1-2H3,(H,26,30)(H2,27,28,31). The molecule has 0 aliphatic heterocycles. The molecule has 3 rings (SSSR count). The van der Waals surface area contributed by atoms with Crippen LogP contribution in [0.1, 0.15) is 45.7 Å². The second-order valence-electron chi connectivity index (χ2n) is 7.37. The van der Waals surface area contributed by atoms with Crippen LogP contribution in [-0.2, 0) is 6.54 Å². The van der Waals surface area contributed by atoms with Crippen molar-refractivity contribution in [3.8, 4) is 0 Å². The van der Waals surface area contributed by atoms with Gasteiger partial charge in [0, 0.05) is 29.4 Å². The second kappa shape index (κ2) is 10.2. The zero-order chi connectivity index (χ0) is 22.2. The summed E-state index contributed by atoms with van der Waals surface area (Å²) in [5, 5.41) is 8.36. The predicted molar refractivity (Wildman–Crippen MR) is 121 cm³/mol. The van der Waals surface area contributed by atoms with Crippen molar-refractivity contribution >= 4 is 23.4 Å². The summed E-state index contributed by atoms with van der Waals surface area (Å²) in [6, 6.07) is 22.6. The largest absolute Gasteiger partial charge is 0.348 e. The lowest BCUT2D eigenvalue weighted by atomic mass is 9.98. The number of amides is 3. The van der Waals surface area contributed by atoms with E-state index in [1.807, 2.05) is 32.0 Å². The van der Waals surface area contributed by atoms with Gasteiger partial charge >= 0.3 is 6.03 Å². The van der Waals surface area contributed by atoms with E-state index in [1.54, 1.807) is 60.7 Å². The van der Waals surface area contributed by atoms with Crippen LogP contribution in [0.5, 0.6) is 0 Å². The molecule has 0 saturated heterocycles. The van der Waals surface area contributed by atoms with E-state index >= 15 is 0 Å². The lowest BCUT2D eigenvalue weighted by Crippen LogP contribution is -2.34. The summed E-state index contributed by atoms with van der Waals surface area (Å²) in [7, 11) is 0. The Morgan fingerprint density at radius 1 is 0.774 bits per heavy atom. The van der Waals surface area contributed by atoms with Crippen molar-refractivity contribution in [2.45, 2.75) is 26.4 Å². The van der Waals surface area contributed by atoms with Gasteiger partial charge < -0.3 is 16.0 Å². The summed E-state index contributed by atoms with van der Waals surface area (Å²) in [5.74, 6) is -0.514. The van der Waals surface area contributed by atoms with E-state index in [4.69, 9.17) is 0 Å². The van der Waals surface area contributed by atoms with Crippen molar-refractivity contribution in [1.82, 2.24) is 10.6 Å². The van der Waals surface area contributed by atoms with Gasteiger partial charge in [0.2, 0.25) is 0 Å². The first-order chi connectivity index (χ1) is 14.9. The second-order valence-corrected chi connectivity index (χ2v) is 7.37. The van der Waals surface area contributed by atoms with Crippen LogP contribution in [0.25, 0.3) is 0 Å².